The molecule has 3 rings (SSSR count). The van der Waals surface area contributed by atoms with Crippen molar-refractivity contribution in [3.63, 3.8) is 0 Å². The number of thiophene rings is 1. The maximum absolute atomic E-state index is 12.4. The van der Waals surface area contributed by atoms with E-state index in [2.05, 4.69) is 0 Å². The summed E-state index contributed by atoms with van der Waals surface area (Å²) in [5.41, 5.74) is 1.47. The number of amides is 2. The molecule has 2 amide bonds. The van der Waals surface area contributed by atoms with Gasteiger partial charge in [0.05, 0.1) is 4.88 Å². The van der Waals surface area contributed by atoms with Gasteiger partial charge in [0, 0.05) is 25.5 Å². The highest BCUT2D eigenvalue weighted by molar-refractivity contribution is 7.12. The predicted molar refractivity (Wildman–Crippen MR) is 104 cm³/mol. The predicted octanol–water partition coefficient (Wildman–Crippen LogP) is 4.66. The molecule has 0 unspecified atom stereocenters. The van der Waals surface area contributed by atoms with Crippen molar-refractivity contribution in [1.82, 2.24) is 0 Å². The van der Waals surface area contributed by atoms with Crippen LogP contribution in [0.1, 0.15) is 9.67 Å². The molecule has 3 aromatic rings. The third-order valence-corrected chi connectivity index (χ3v) is 4.74. The second-order valence-electron chi connectivity index (χ2n) is 5.60. The van der Waals surface area contributed by atoms with Crippen molar-refractivity contribution < 1.29 is 14.3 Å². The second-order valence-corrected chi connectivity index (χ2v) is 6.55. The van der Waals surface area contributed by atoms with E-state index in [1.807, 2.05) is 41.8 Å². The maximum Gasteiger partial charge on any atom is 0.419 e. The zero-order valence-corrected chi connectivity index (χ0v) is 15.3. The van der Waals surface area contributed by atoms with Gasteiger partial charge in [-0.1, -0.05) is 24.3 Å². The Morgan fingerprint density at radius 2 is 1.46 bits per heavy atom. The van der Waals surface area contributed by atoms with E-state index >= 15 is 0 Å². The van der Waals surface area contributed by atoms with Gasteiger partial charge in [-0.15, -0.1) is 11.3 Å². The molecule has 6 heteroatoms. The number of carbonyl (C=O) groups excluding carboxylic acids is 2. The summed E-state index contributed by atoms with van der Waals surface area (Å²) in [6.45, 7) is 0. The van der Waals surface area contributed by atoms with Crippen molar-refractivity contribution >= 4 is 34.7 Å². The van der Waals surface area contributed by atoms with Crippen molar-refractivity contribution in [2.24, 2.45) is 0 Å². The molecule has 0 radical (unpaired) electrons. The molecule has 26 heavy (non-hydrogen) atoms. The fourth-order valence-corrected chi connectivity index (χ4v) is 3.05. The number of nitrogens with zero attached hydrogens (tertiary/aromatic N) is 2. The summed E-state index contributed by atoms with van der Waals surface area (Å²) in [5.74, 6) is 0.340. The highest BCUT2D eigenvalue weighted by Gasteiger charge is 2.16. The molecule has 0 bridgehead atoms. The number of anilines is 2. The molecule has 0 aliphatic carbocycles. The summed E-state index contributed by atoms with van der Waals surface area (Å²) in [6, 6.07) is 19.7. The van der Waals surface area contributed by atoms with E-state index in [0.717, 1.165) is 11.4 Å². The number of carbonyl (C=O) groups is 2. The number of hydrogen-bond acceptors (Lipinski definition) is 4. The van der Waals surface area contributed by atoms with Crippen molar-refractivity contribution in [1.29, 1.82) is 0 Å². The fourth-order valence-electron chi connectivity index (χ4n) is 2.35. The van der Waals surface area contributed by atoms with E-state index < -0.39 is 6.09 Å². The van der Waals surface area contributed by atoms with Gasteiger partial charge >= 0.3 is 6.09 Å². The summed E-state index contributed by atoms with van der Waals surface area (Å²) < 4.78 is 5.38. The lowest BCUT2D eigenvalue weighted by Gasteiger charge is -2.18. The van der Waals surface area contributed by atoms with E-state index in [1.165, 1.54) is 16.2 Å². The van der Waals surface area contributed by atoms with Gasteiger partial charge in [-0.25, -0.2) is 4.79 Å². The number of benzene rings is 2. The van der Waals surface area contributed by atoms with Gasteiger partial charge in [-0.3, -0.25) is 9.69 Å². The number of hydrogen-bond donors (Lipinski definition) is 0. The summed E-state index contributed by atoms with van der Waals surface area (Å²) in [6.07, 6.45) is -0.480. The van der Waals surface area contributed by atoms with Crippen LogP contribution in [0.5, 0.6) is 5.75 Å². The molecule has 0 aliphatic heterocycles. The molecule has 132 valence electrons. The molecule has 0 saturated heterocycles. The Bertz CT molecular complexity index is 877. The molecular weight excluding hydrogens is 348 g/mol. The van der Waals surface area contributed by atoms with Gasteiger partial charge in [-0.05, 0) is 47.8 Å². The fraction of sp³-hybridized carbons (Fsp3) is 0.100. The van der Waals surface area contributed by atoms with E-state index in [9.17, 15) is 9.59 Å². The van der Waals surface area contributed by atoms with Crippen molar-refractivity contribution in [3.8, 4) is 5.75 Å². The first-order valence-corrected chi connectivity index (χ1v) is 8.86. The first kappa shape index (κ1) is 17.7. The minimum Gasteiger partial charge on any atom is -0.410 e. The third kappa shape index (κ3) is 3.92. The van der Waals surface area contributed by atoms with Gasteiger partial charge in [0.15, 0.2) is 0 Å². The maximum atomic E-state index is 12.4. The van der Waals surface area contributed by atoms with Gasteiger partial charge < -0.3 is 9.64 Å². The lowest BCUT2D eigenvalue weighted by atomic mass is 10.2. The van der Waals surface area contributed by atoms with E-state index in [-0.39, 0.29) is 5.91 Å². The minimum atomic E-state index is -0.480. The molecule has 0 spiro atoms. The number of para-hydroxylation sites is 1. The van der Waals surface area contributed by atoms with Crippen LogP contribution in [0, 0.1) is 0 Å². The van der Waals surface area contributed by atoms with Gasteiger partial charge in [-0.2, -0.15) is 0 Å². The second kappa shape index (κ2) is 7.84. The lowest BCUT2D eigenvalue weighted by molar-refractivity contribution is 0.0996. The van der Waals surface area contributed by atoms with Crippen LogP contribution in [0.4, 0.5) is 16.2 Å². The summed E-state index contributed by atoms with van der Waals surface area (Å²) >= 11 is 1.40. The zero-order chi connectivity index (χ0) is 18.5. The van der Waals surface area contributed by atoms with Crippen LogP contribution in [0.25, 0.3) is 0 Å². The normalized spacial score (nSPS) is 10.2. The first-order chi connectivity index (χ1) is 12.6. The molecule has 5 nitrogen and oxygen atoms in total. The molecule has 0 saturated carbocycles. The molecule has 0 fully saturated rings. The largest absolute Gasteiger partial charge is 0.419 e. The Balaban J connectivity index is 1.66. The van der Waals surface area contributed by atoms with Gasteiger partial charge in [0.1, 0.15) is 5.75 Å². The molecule has 0 N–H and O–H groups in total. The van der Waals surface area contributed by atoms with Crippen molar-refractivity contribution in [2.45, 2.75) is 0 Å². The highest BCUT2D eigenvalue weighted by atomic mass is 32.1. The Kier molecular flexibility index (Phi) is 5.34. The van der Waals surface area contributed by atoms with E-state index in [4.69, 9.17) is 4.74 Å². The smallest absolute Gasteiger partial charge is 0.410 e. The molecular formula is C20H18N2O3S. The SMILES string of the molecule is CN(C(=O)Oc1ccc(N(C)C(=O)c2cccs2)cc1)c1ccccc1. The van der Waals surface area contributed by atoms with Crippen LogP contribution in [-0.2, 0) is 0 Å². The highest BCUT2D eigenvalue weighted by Crippen LogP contribution is 2.22. The third-order valence-electron chi connectivity index (χ3n) is 3.88. The zero-order valence-electron chi connectivity index (χ0n) is 14.5. The van der Waals surface area contributed by atoms with Crippen LogP contribution < -0.4 is 14.5 Å². The molecule has 1 heterocycles. The topological polar surface area (TPSA) is 49.9 Å². The monoisotopic (exact) mass is 366 g/mol. The number of rotatable bonds is 4. The summed E-state index contributed by atoms with van der Waals surface area (Å²) in [7, 11) is 3.37. The molecule has 0 aliphatic rings. The summed E-state index contributed by atoms with van der Waals surface area (Å²) in [5, 5.41) is 1.87. The van der Waals surface area contributed by atoms with Crippen LogP contribution in [0.2, 0.25) is 0 Å². The van der Waals surface area contributed by atoms with Crippen molar-refractivity contribution in [2.75, 3.05) is 23.9 Å². The van der Waals surface area contributed by atoms with E-state index in [0.29, 0.717) is 10.6 Å². The van der Waals surface area contributed by atoms with Crippen LogP contribution in [0.15, 0.2) is 72.1 Å². The Labute approximate surface area is 156 Å². The minimum absolute atomic E-state index is 0.0754. The Morgan fingerprint density at radius 1 is 0.808 bits per heavy atom. The quantitative estimate of drug-likeness (QED) is 0.675. The molecule has 2 aromatic carbocycles. The van der Waals surface area contributed by atoms with Gasteiger partial charge in [0.25, 0.3) is 5.91 Å². The lowest BCUT2D eigenvalue weighted by Crippen LogP contribution is -2.29. The average Bonchev–Trinajstić information content (AvgIpc) is 3.22. The molecule has 1 aromatic heterocycles. The number of ether oxygens (including phenoxy) is 1. The Hall–Kier alpha value is -3.12. The first-order valence-electron chi connectivity index (χ1n) is 7.98. The van der Waals surface area contributed by atoms with Crippen LogP contribution >= 0.6 is 11.3 Å². The summed E-state index contributed by atoms with van der Waals surface area (Å²) in [4.78, 5) is 28.3. The van der Waals surface area contributed by atoms with Gasteiger partial charge in [0.2, 0.25) is 0 Å². The molecule has 0 atom stereocenters. The Morgan fingerprint density at radius 3 is 2.08 bits per heavy atom. The van der Waals surface area contributed by atoms with Crippen molar-refractivity contribution in [3.05, 3.63) is 77.0 Å². The van der Waals surface area contributed by atoms with Crippen LogP contribution in [0.3, 0.4) is 0 Å². The van der Waals surface area contributed by atoms with E-state index in [1.54, 1.807) is 49.3 Å². The van der Waals surface area contributed by atoms with Crippen LogP contribution in [-0.4, -0.2) is 26.1 Å². The average molecular weight is 366 g/mol. The standard InChI is InChI=1S/C20H18N2O3S/c1-21(19(23)18-9-6-14-26-18)16-10-12-17(13-11-16)25-20(24)22(2)15-7-4-3-5-8-15/h3-14H,1-2H3.